The lowest BCUT2D eigenvalue weighted by Crippen LogP contribution is -2.57. The summed E-state index contributed by atoms with van der Waals surface area (Å²) in [6, 6.07) is 10.8. The van der Waals surface area contributed by atoms with Gasteiger partial charge in [0.2, 0.25) is 0 Å². The summed E-state index contributed by atoms with van der Waals surface area (Å²) in [5.74, 6) is 0. The molecular weight excluding hydrogens is 298 g/mol. The van der Waals surface area contributed by atoms with Crippen LogP contribution in [0.1, 0.15) is 24.0 Å². The average molecular weight is 323 g/mol. The van der Waals surface area contributed by atoms with Gasteiger partial charge in [0, 0.05) is 37.3 Å². The molecule has 2 aliphatic heterocycles. The zero-order chi connectivity index (χ0) is 16.2. The van der Waals surface area contributed by atoms with Crippen molar-refractivity contribution >= 4 is 0 Å². The SMILES string of the molecule is c1ccc(CCCN2CC3(CO[C@H](Cc4cncnc4)C3)C2)cc1. The Labute approximate surface area is 143 Å². The lowest BCUT2D eigenvalue weighted by atomic mass is 9.77. The van der Waals surface area contributed by atoms with Crippen LogP contribution in [-0.4, -0.2) is 47.2 Å². The minimum atomic E-state index is 0.336. The quantitative estimate of drug-likeness (QED) is 0.819. The molecule has 1 aromatic carbocycles. The van der Waals surface area contributed by atoms with Crippen LogP contribution in [0.3, 0.4) is 0 Å². The van der Waals surface area contributed by atoms with Gasteiger partial charge in [0.25, 0.3) is 0 Å². The average Bonchev–Trinajstić information content (AvgIpc) is 3.00. The number of nitrogens with zero attached hydrogens (tertiary/aromatic N) is 3. The molecular formula is C20H25N3O. The van der Waals surface area contributed by atoms with Crippen LogP contribution in [0.15, 0.2) is 49.1 Å². The number of aromatic nitrogens is 2. The van der Waals surface area contributed by atoms with E-state index in [1.165, 1.54) is 50.0 Å². The first-order valence-corrected chi connectivity index (χ1v) is 8.93. The van der Waals surface area contributed by atoms with Crippen LogP contribution in [0.25, 0.3) is 0 Å². The van der Waals surface area contributed by atoms with Crippen molar-refractivity contribution in [3.8, 4) is 0 Å². The number of hydrogen-bond donors (Lipinski definition) is 0. The maximum absolute atomic E-state index is 6.05. The molecule has 0 aliphatic carbocycles. The predicted molar refractivity (Wildman–Crippen MR) is 93.7 cm³/mol. The number of hydrogen-bond acceptors (Lipinski definition) is 4. The largest absolute Gasteiger partial charge is 0.377 e. The van der Waals surface area contributed by atoms with Crippen LogP contribution in [0.5, 0.6) is 0 Å². The Balaban J connectivity index is 1.18. The molecule has 126 valence electrons. The van der Waals surface area contributed by atoms with E-state index in [1.54, 1.807) is 6.33 Å². The summed E-state index contributed by atoms with van der Waals surface area (Å²) < 4.78 is 6.05. The van der Waals surface area contributed by atoms with Gasteiger partial charge in [0.1, 0.15) is 6.33 Å². The maximum atomic E-state index is 6.05. The van der Waals surface area contributed by atoms with Crippen LogP contribution in [0.4, 0.5) is 0 Å². The van der Waals surface area contributed by atoms with Crippen molar-refractivity contribution in [2.45, 2.75) is 31.8 Å². The molecule has 4 nitrogen and oxygen atoms in total. The van der Waals surface area contributed by atoms with Crippen LogP contribution in [0.2, 0.25) is 0 Å². The Morgan fingerprint density at radius 1 is 1.08 bits per heavy atom. The highest BCUT2D eigenvalue weighted by Gasteiger charge is 2.48. The lowest BCUT2D eigenvalue weighted by molar-refractivity contribution is -0.00898. The normalized spacial score (nSPS) is 22.6. The Morgan fingerprint density at radius 2 is 1.88 bits per heavy atom. The molecule has 0 radical (unpaired) electrons. The van der Waals surface area contributed by atoms with Gasteiger partial charge >= 0.3 is 0 Å². The summed E-state index contributed by atoms with van der Waals surface area (Å²) in [6.07, 6.45) is 10.3. The zero-order valence-electron chi connectivity index (χ0n) is 14.1. The van der Waals surface area contributed by atoms with Crippen LogP contribution in [0, 0.1) is 5.41 Å². The summed E-state index contributed by atoms with van der Waals surface area (Å²) in [5, 5.41) is 0. The highest BCUT2D eigenvalue weighted by molar-refractivity contribution is 5.14. The van der Waals surface area contributed by atoms with Gasteiger partial charge in [-0.25, -0.2) is 9.97 Å². The first-order valence-electron chi connectivity index (χ1n) is 8.93. The van der Waals surface area contributed by atoms with Gasteiger partial charge in [-0.1, -0.05) is 30.3 Å². The third kappa shape index (κ3) is 3.65. The molecule has 0 bridgehead atoms. The van der Waals surface area contributed by atoms with Gasteiger partial charge in [0.15, 0.2) is 0 Å². The van der Waals surface area contributed by atoms with E-state index in [0.717, 1.165) is 13.0 Å². The van der Waals surface area contributed by atoms with E-state index < -0.39 is 0 Å². The Morgan fingerprint density at radius 3 is 2.67 bits per heavy atom. The smallest absolute Gasteiger partial charge is 0.115 e. The minimum absolute atomic E-state index is 0.336. The minimum Gasteiger partial charge on any atom is -0.377 e. The topological polar surface area (TPSA) is 38.2 Å². The predicted octanol–water partition coefficient (Wildman–Crippen LogP) is 2.74. The number of benzene rings is 1. The van der Waals surface area contributed by atoms with Gasteiger partial charge in [-0.3, -0.25) is 0 Å². The van der Waals surface area contributed by atoms with E-state index in [0.29, 0.717) is 11.5 Å². The fourth-order valence-corrected chi connectivity index (χ4v) is 4.16. The molecule has 2 fully saturated rings. The summed E-state index contributed by atoms with van der Waals surface area (Å²) >= 11 is 0. The molecule has 1 atom stereocenters. The summed E-state index contributed by atoms with van der Waals surface area (Å²) in [5.41, 5.74) is 3.04. The maximum Gasteiger partial charge on any atom is 0.115 e. The van der Waals surface area contributed by atoms with E-state index in [4.69, 9.17) is 4.74 Å². The Kier molecular flexibility index (Phi) is 4.58. The van der Waals surface area contributed by atoms with Crippen molar-refractivity contribution in [2.75, 3.05) is 26.2 Å². The van der Waals surface area contributed by atoms with Crippen LogP contribution >= 0.6 is 0 Å². The molecule has 0 amide bonds. The molecule has 3 heterocycles. The summed E-state index contributed by atoms with van der Waals surface area (Å²) in [7, 11) is 0. The van der Waals surface area contributed by atoms with E-state index in [9.17, 15) is 0 Å². The van der Waals surface area contributed by atoms with Crippen molar-refractivity contribution in [1.29, 1.82) is 0 Å². The molecule has 0 saturated carbocycles. The summed E-state index contributed by atoms with van der Waals surface area (Å²) in [6.45, 7) is 4.52. The van der Waals surface area contributed by atoms with Crippen molar-refractivity contribution in [2.24, 2.45) is 5.41 Å². The fourth-order valence-electron chi connectivity index (χ4n) is 4.16. The van der Waals surface area contributed by atoms with Crippen LogP contribution in [-0.2, 0) is 17.6 Å². The molecule has 0 N–H and O–H groups in total. The van der Waals surface area contributed by atoms with E-state index >= 15 is 0 Å². The molecule has 4 rings (SSSR count). The molecule has 24 heavy (non-hydrogen) atoms. The zero-order valence-corrected chi connectivity index (χ0v) is 14.1. The number of aryl methyl sites for hydroxylation is 1. The Hall–Kier alpha value is -1.78. The van der Waals surface area contributed by atoms with Gasteiger partial charge in [-0.15, -0.1) is 0 Å². The van der Waals surface area contributed by atoms with Crippen molar-refractivity contribution in [3.05, 3.63) is 60.2 Å². The third-order valence-electron chi connectivity index (χ3n) is 5.26. The fraction of sp³-hybridized carbons (Fsp3) is 0.500. The number of likely N-dealkylation sites (tertiary alicyclic amines) is 1. The van der Waals surface area contributed by atoms with Crippen LogP contribution < -0.4 is 0 Å². The number of ether oxygens (including phenoxy) is 1. The van der Waals surface area contributed by atoms with Crippen molar-refractivity contribution in [3.63, 3.8) is 0 Å². The molecule has 4 heteroatoms. The van der Waals surface area contributed by atoms with Gasteiger partial charge in [-0.2, -0.15) is 0 Å². The molecule has 2 aromatic rings. The molecule has 2 saturated heterocycles. The highest BCUT2D eigenvalue weighted by Crippen LogP contribution is 2.41. The molecule has 1 spiro atoms. The molecule has 2 aliphatic rings. The first kappa shape index (κ1) is 15.7. The second-order valence-corrected chi connectivity index (χ2v) is 7.39. The lowest BCUT2D eigenvalue weighted by Gasteiger charge is -2.47. The Bertz CT molecular complexity index is 640. The third-order valence-corrected chi connectivity index (χ3v) is 5.26. The van der Waals surface area contributed by atoms with Gasteiger partial charge in [0.05, 0.1) is 12.7 Å². The first-order chi connectivity index (χ1) is 11.8. The molecule has 0 unspecified atom stereocenters. The van der Waals surface area contributed by atoms with E-state index in [-0.39, 0.29) is 0 Å². The second kappa shape index (κ2) is 6.99. The van der Waals surface area contributed by atoms with Gasteiger partial charge < -0.3 is 9.64 Å². The van der Waals surface area contributed by atoms with Crippen molar-refractivity contribution < 1.29 is 4.74 Å². The standard InChI is InChI=1S/C20H25N3O/c1-2-5-17(6-3-1)7-4-8-23-13-20(14-23)10-19(24-15-20)9-18-11-21-16-22-12-18/h1-3,5-6,11-12,16,19H,4,7-10,13-15H2/t19-/m1/s1. The van der Waals surface area contributed by atoms with E-state index in [2.05, 4.69) is 45.2 Å². The van der Waals surface area contributed by atoms with Gasteiger partial charge in [-0.05, 0) is 36.9 Å². The highest BCUT2D eigenvalue weighted by atomic mass is 16.5. The second-order valence-electron chi connectivity index (χ2n) is 7.39. The number of rotatable bonds is 6. The molecule has 1 aromatic heterocycles. The van der Waals surface area contributed by atoms with E-state index in [1.807, 2.05) is 12.4 Å². The van der Waals surface area contributed by atoms with Crippen molar-refractivity contribution in [1.82, 2.24) is 14.9 Å². The monoisotopic (exact) mass is 323 g/mol. The summed E-state index contributed by atoms with van der Waals surface area (Å²) in [4.78, 5) is 10.8.